The van der Waals surface area contributed by atoms with E-state index < -0.39 is 0 Å². The highest BCUT2D eigenvalue weighted by molar-refractivity contribution is 7.16. The van der Waals surface area contributed by atoms with Crippen LogP contribution in [0.5, 0.6) is 0 Å². The molecule has 4 nitrogen and oxygen atoms in total. The van der Waals surface area contributed by atoms with E-state index in [1.165, 1.54) is 0 Å². The van der Waals surface area contributed by atoms with Gasteiger partial charge in [0.1, 0.15) is 15.8 Å². The largest absolute Gasteiger partial charge is 0.293 e. The van der Waals surface area contributed by atoms with Crippen molar-refractivity contribution in [1.29, 1.82) is 0 Å². The fraction of sp³-hybridized carbons (Fsp3) is 0.214. The third-order valence-electron chi connectivity index (χ3n) is 2.89. The first-order valence-corrected chi connectivity index (χ1v) is 7.46. The summed E-state index contributed by atoms with van der Waals surface area (Å²) >= 11 is 7.75. The van der Waals surface area contributed by atoms with Gasteiger partial charge in [0, 0.05) is 18.1 Å². The average molecular weight is 305 g/mol. The monoisotopic (exact) mass is 304 g/mol. The molecule has 0 atom stereocenters. The molecule has 0 fully saturated rings. The Morgan fingerprint density at radius 3 is 2.90 bits per heavy atom. The van der Waals surface area contributed by atoms with Gasteiger partial charge in [0.25, 0.3) is 0 Å². The van der Waals surface area contributed by atoms with Gasteiger partial charge in [-0.25, -0.2) is 9.97 Å². The molecule has 0 saturated carbocycles. The quantitative estimate of drug-likeness (QED) is 0.693. The van der Waals surface area contributed by atoms with Gasteiger partial charge in [-0.05, 0) is 30.6 Å². The summed E-state index contributed by atoms with van der Waals surface area (Å²) in [6.45, 7) is 1.40. The summed E-state index contributed by atoms with van der Waals surface area (Å²) < 4.78 is 0. The Hall–Kier alpha value is -1.56. The second-order valence-corrected chi connectivity index (χ2v) is 5.82. The van der Waals surface area contributed by atoms with E-state index in [4.69, 9.17) is 11.6 Å². The van der Waals surface area contributed by atoms with Crippen LogP contribution in [0, 0.1) is 0 Å². The fourth-order valence-corrected chi connectivity index (χ4v) is 3.09. The van der Waals surface area contributed by atoms with Gasteiger partial charge >= 0.3 is 0 Å². The van der Waals surface area contributed by atoms with Gasteiger partial charge in [0.15, 0.2) is 0 Å². The van der Waals surface area contributed by atoms with Gasteiger partial charge in [-0.1, -0.05) is 17.7 Å². The Morgan fingerprint density at radius 2 is 2.10 bits per heavy atom. The highest BCUT2D eigenvalue weighted by Crippen LogP contribution is 2.25. The number of halogens is 1. The van der Waals surface area contributed by atoms with E-state index in [1.807, 2.05) is 36.7 Å². The summed E-state index contributed by atoms with van der Waals surface area (Å²) in [6.07, 6.45) is 1.80. The van der Waals surface area contributed by atoms with Crippen LogP contribution in [-0.2, 0) is 13.1 Å². The highest BCUT2D eigenvalue weighted by atomic mass is 35.5. The van der Waals surface area contributed by atoms with Crippen molar-refractivity contribution in [2.45, 2.75) is 13.1 Å². The molecule has 3 aromatic rings. The Bertz CT molecular complexity index is 714. The lowest BCUT2D eigenvalue weighted by molar-refractivity contribution is 0.307. The van der Waals surface area contributed by atoms with Crippen LogP contribution in [0.25, 0.3) is 10.2 Å². The third-order valence-corrected chi connectivity index (χ3v) is 3.99. The van der Waals surface area contributed by atoms with Gasteiger partial charge in [0.05, 0.1) is 12.2 Å². The fourth-order valence-electron chi connectivity index (χ4n) is 2.00. The Morgan fingerprint density at radius 1 is 1.20 bits per heavy atom. The standard InChI is InChI=1S/C14H13ClN4S/c1-19(8-10-4-2-3-6-16-10)9-12-17-13(15)11-5-7-20-14(11)18-12/h2-7H,8-9H2,1H3. The smallest absolute Gasteiger partial charge is 0.145 e. The van der Waals surface area contributed by atoms with Crippen LogP contribution in [-0.4, -0.2) is 26.9 Å². The van der Waals surface area contributed by atoms with E-state index in [-0.39, 0.29) is 0 Å². The van der Waals surface area contributed by atoms with Gasteiger partial charge in [0.2, 0.25) is 0 Å². The first-order valence-electron chi connectivity index (χ1n) is 6.20. The van der Waals surface area contributed by atoms with Crippen LogP contribution in [0.3, 0.4) is 0 Å². The molecule has 102 valence electrons. The number of fused-ring (bicyclic) bond motifs is 1. The first kappa shape index (κ1) is 13.4. The second kappa shape index (κ2) is 5.83. The summed E-state index contributed by atoms with van der Waals surface area (Å²) in [4.78, 5) is 16.3. The lowest BCUT2D eigenvalue weighted by Crippen LogP contribution is -2.19. The van der Waals surface area contributed by atoms with Crippen LogP contribution >= 0.6 is 22.9 Å². The molecule has 0 N–H and O–H groups in total. The van der Waals surface area contributed by atoms with Crippen LogP contribution in [0.1, 0.15) is 11.5 Å². The van der Waals surface area contributed by atoms with Gasteiger partial charge in [-0.15, -0.1) is 11.3 Å². The number of aromatic nitrogens is 3. The number of thiophene rings is 1. The molecule has 0 amide bonds. The number of nitrogens with zero attached hydrogens (tertiary/aromatic N) is 4. The lowest BCUT2D eigenvalue weighted by Gasteiger charge is -2.15. The van der Waals surface area contributed by atoms with Crippen molar-refractivity contribution in [3.05, 3.63) is 52.5 Å². The number of rotatable bonds is 4. The van der Waals surface area contributed by atoms with Crippen LogP contribution in [0.15, 0.2) is 35.8 Å². The number of pyridine rings is 1. The number of hydrogen-bond donors (Lipinski definition) is 0. The summed E-state index contributed by atoms with van der Waals surface area (Å²) in [5.74, 6) is 0.739. The SMILES string of the molecule is CN(Cc1ccccn1)Cc1nc(Cl)c2ccsc2n1. The summed E-state index contributed by atoms with van der Waals surface area (Å²) in [6, 6.07) is 7.86. The molecule has 3 aromatic heterocycles. The van der Waals surface area contributed by atoms with Gasteiger partial charge in [-0.3, -0.25) is 9.88 Å². The third kappa shape index (κ3) is 2.95. The molecule has 0 saturated heterocycles. The molecule has 0 aliphatic rings. The van der Waals surface area contributed by atoms with E-state index in [1.54, 1.807) is 17.5 Å². The minimum Gasteiger partial charge on any atom is -0.293 e. The van der Waals surface area contributed by atoms with Crippen molar-refractivity contribution >= 4 is 33.2 Å². The van der Waals surface area contributed by atoms with Gasteiger partial charge < -0.3 is 0 Å². The zero-order valence-corrected chi connectivity index (χ0v) is 12.5. The highest BCUT2D eigenvalue weighted by Gasteiger charge is 2.09. The molecule has 3 heterocycles. The van der Waals surface area contributed by atoms with Crippen LogP contribution in [0.4, 0.5) is 0 Å². The van der Waals surface area contributed by atoms with Crippen molar-refractivity contribution in [2.75, 3.05) is 7.05 Å². The molecule has 0 bridgehead atoms. The molecule has 3 rings (SSSR count). The van der Waals surface area contributed by atoms with Crippen molar-refractivity contribution in [3.8, 4) is 0 Å². The zero-order chi connectivity index (χ0) is 13.9. The molecule has 0 unspecified atom stereocenters. The number of hydrogen-bond acceptors (Lipinski definition) is 5. The Kier molecular flexibility index (Phi) is 3.91. The molecule has 0 spiro atoms. The second-order valence-electron chi connectivity index (χ2n) is 4.56. The predicted molar refractivity (Wildman–Crippen MR) is 81.8 cm³/mol. The summed E-state index contributed by atoms with van der Waals surface area (Å²) in [7, 11) is 2.02. The Labute approximate surface area is 126 Å². The maximum Gasteiger partial charge on any atom is 0.145 e. The maximum atomic E-state index is 6.17. The van der Waals surface area contributed by atoms with E-state index in [9.17, 15) is 0 Å². The zero-order valence-electron chi connectivity index (χ0n) is 11.0. The van der Waals surface area contributed by atoms with Gasteiger partial charge in [-0.2, -0.15) is 0 Å². The van der Waals surface area contributed by atoms with Crippen molar-refractivity contribution in [1.82, 2.24) is 19.9 Å². The van der Waals surface area contributed by atoms with E-state index in [2.05, 4.69) is 19.9 Å². The van der Waals surface area contributed by atoms with E-state index in [0.29, 0.717) is 11.7 Å². The lowest BCUT2D eigenvalue weighted by atomic mass is 10.3. The first-order chi connectivity index (χ1) is 9.72. The molecule has 0 aromatic carbocycles. The Balaban J connectivity index is 1.75. The van der Waals surface area contributed by atoms with Crippen LogP contribution in [0.2, 0.25) is 5.15 Å². The average Bonchev–Trinajstić information content (AvgIpc) is 2.88. The minimum absolute atomic E-state index is 0.525. The topological polar surface area (TPSA) is 41.9 Å². The van der Waals surface area contributed by atoms with Crippen molar-refractivity contribution in [2.24, 2.45) is 0 Å². The molecular formula is C14H13ClN4S. The minimum atomic E-state index is 0.525. The molecule has 6 heteroatoms. The van der Waals surface area contributed by atoms with Crippen molar-refractivity contribution < 1.29 is 0 Å². The molecular weight excluding hydrogens is 292 g/mol. The predicted octanol–water partition coefficient (Wildman–Crippen LogP) is 3.37. The molecule has 20 heavy (non-hydrogen) atoms. The van der Waals surface area contributed by atoms with E-state index >= 15 is 0 Å². The van der Waals surface area contributed by atoms with Crippen LogP contribution < -0.4 is 0 Å². The molecule has 0 aliphatic carbocycles. The summed E-state index contributed by atoms with van der Waals surface area (Å²) in [5, 5.41) is 3.43. The van der Waals surface area contributed by atoms with Crippen molar-refractivity contribution in [3.63, 3.8) is 0 Å². The molecule has 0 aliphatic heterocycles. The normalized spacial score (nSPS) is 11.3. The molecule has 0 radical (unpaired) electrons. The summed E-state index contributed by atoms with van der Waals surface area (Å²) in [5.41, 5.74) is 1.03. The maximum absolute atomic E-state index is 6.17. The van der Waals surface area contributed by atoms with E-state index in [0.717, 1.165) is 28.3 Å².